The Bertz CT molecular complexity index is 497. The first kappa shape index (κ1) is 15.9. The topological polar surface area (TPSA) is 37.3 Å². The molecule has 0 saturated heterocycles. The highest BCUT2D eigenvalue weighted by atomic mass is 19.1. The highest BCUT2D eigenvalue weighted by Gasteiger charge is 2.42. The van der Waals surface area contributed by atoms with Crippen molar-refractivity contribution in [2.24, 2.45) is 17.3 Å². The Hall–Kier alpha value is -1.45. The summed E-state index contributed by atoms with van der Waals surface area (Å²) >= 11 is 0. The molecule has 0 atom stereocenters. The lowest BCUT2D eigenvalue weighted by atomic mass is 9.65. The molecule has 1 fully saturated rings. The molecule has 2 nitrogen and oxygen atoms in total. The summed E-state index contributed by atoms with van der Waals surface area (Å²) in [6, 6.07) is 3.29. The van der Waals surface area contributed by atoms with E-state index in [1.807, 2.05) is 0 Å². The molecule has 0 spiro atoms. The smallest absolute Gasteiger partial charge is 0.309 e. The first-order valence-corrected chi connectivity index (χ1v) is 7.51. The molecule has 4 heteroatoms. The monoisotopic (exact) mass is 296 g/mol. The van der Waals surface area contributed by atoms with Crippen molar-refractivity contribution in [2.45, 2.75) is 46.0 Å². The van der Waals surface area contributed by atoms with Gasteiger partial charge in [-0.05, 0) is 61.6 Å². The molecule has 1 N–H and O–H groups in total. The van der Waals surface area contributed by atoms with Gasteiger partial charge in [0.1, 0.15) is 11.6 Å². The molecular weight excluding hydrogens is 274 g/mol. The van der Waals surface area contributed by atoms with Crippen LogP contribution in [0.2, 0.25) is 0 Å². The fourth-order valence-corrected chi connectivity index (χ4v) is 3.43. The van der Waals surface area contributed by atoms with Gasteiger partial charge in [0.25, 0.3) is 0 Å². The van der Waals surface area contributed by atoms with Crippen molar-refractivity contribution in [1.29, 1.82) is 0 Å². The van der Waals surface area contributed by atoms with Crippen LogP contribution in [0.5, 0.6) is 0 Å². The number of rotatable bonds is 4. The first-order chi connectivity index (χ1) is 9.82. The van der Waals surface area contributed by atoms with E-state index >= 15 is 0 Å². The summed E-state index contributed by atoms with van der Waals surface area (Å²) < 4.78 is 26.6. The van der Waals surface area contributed by atoms with Crippen LogP contribution in [0.4, 0.5) is 8.78 Å². The zero-order valence-electron chi connectivity index (χ0n) is 12.5. The molecule has 2 rings (SSSR count). The van der Waals surface area contributed by atoms with Crippen molar-refractivity contribution in [3.8, 4) is 0 Å². The Balaban J connectivity index is 2.18. The number of hydrogen-bond donors (Lipinski definition) is 1. The van der Waals surface area contributed by atoms with E-state index in [-0.39, 0.29) is 6.42 Å². The van der Waals surface area contributed by atoms with Crippen molar-refractivity contribution < 1.29 is 18.7 Å². The molecule has 1 saturated carbocycles. The van der Waals surface area contributed by atoms with E-state index in [1.165, 1.54) is 12.1 Å². The van der Waals surface area contributed by atoms with Crippen molar-refractivity contribution in [3.63, 3.8) is 0 Å². The zero-order valence-corrected chi connectivity index (χ0v) is 12.5. The SMILES string of the molecule is CC(C)C1CCC(Cc2cc(F)cc(F)c2)(C(=O)O)CC1. The van der Waals surface area contributed by atoms with Crippen LogP contribution in [-0.4, -0.2) is 11.1 Å². The zero-order chi connectivity index (χ0) is 15.6. The maximum absolute atomic E-state index is 13.3. The lowest BCUT2D eigenvalue weighted by Gasteiger charge is -2.38. The van der Waals surface area contributed by atoms with E-state index in [4.69, 9.17) is 0 Å². The Morgan fingerprint density at radius 2 is 1.76 bits per heavy atom. The van der Waals surface area contributed by atoms with Crippen molar-refractivity contribution in [2.75, 3.05) is 0 Å². The van der Waals surface area contributed by atoms with Gasteiger partial charge in [-0.3, -0.25) is 4.79 Å². The second-order valence-corrected chi connectivity index (χ2v) is 6.62. The molecule has 0 bridgehead atoms. The third-order valence-corrected chi connectivity index (χ3v) is 4.85. The minimum absolute atomic E-state index is 0.196. The fourth-order valence-electron chi connectivity index (χ4n) is 3.43. The summed E-state index contributed by atoms with van der Waals surface area (Å²) in [5, 5.41) is 9.63. The van der Waals surface area contributed by atoms with Gasteiger partial charge in [-0.15, -0.1) is 0 Å². The van der Waals surface area contributed by atoms with Crippen LogP contribution in [0.1, 0.15) is 45.1 Å². The van der Waals surface area contributed by atoms with Crippen LogP contribution < -0.4 is 0 Å². The van der Waals surface area contributed by atoms with E-state index in [9.17, 15) is 18.7 Å². The molecule has 0 heterocycles. The summed E-state index contributed by atoms with van der Waals surface area (Å²) in [6.45, 7) is 4.31. The van der Waals surface area contributed by atoms with E-state index in [2.05, 4.69) is 13.8 Å². The Labute approximate surface area is 124 Å². The van der Waals surface area contributed by atoms with Gasteiger partial charge in [0.05, 0.1) is 5.41 Å². The lowest BCUT2D eigenvalue weighted by molar-refractivity contribution is -0.151. The summed E-state index contributed by atoms with van der Waals surface area (Å²) in [5.74, 6) is -1.07. The molecule has 0 amide bonds. The normalized spacial score (nSPS) is 26.0. The van der Waals surface area contributed by atoms with Crippen LogP contribution in [0.3, 0.4) is 0 Å². The number of carbonyl (C=O) groups is 1. The minimum atomic E-state index is -0.883. The quantitative estimate of drug-likeness (QED) is 0.892. The second kappa shape index (κ2) is 6.12. The van der Waals surface area contributed by atoms with Crippen LogP contribution in [0.15, 0.2) is 18.2 Å². The molecule has 0 radical (unpaired) electrons. The van der Waals surface area contributed by atoms with Gasteiger partial charge in [0, 0.05) is 6.07 Å². The molecular formula is C17H22F2O2. The maximum atomic E-state index is 13.3. The summed E-state index contributed by atoms with van der Waals surface area (Å²) in [5.41, 5.74) is -0.455. The predicted molar refractivity (Wildman–Crippen MR) is 76.9 cm³/mol. The van der Waals surface area contributed by atoms with E-state index < -0.39 is 23.0 Å². The molecule has 0 unspecified atom stereocenters. The van der Waals surface area contributed by atoms with E-state index in [1.54, 1.807) is 0 Å². The predicted octanol–water partition coefficient (Wildman–Crippen LogP) is 4.42. The number of benzene rings is 1. The standard InChI is InChI=1S/C17H22F2O2/c1-11(2)13-3-5-17(6-4-13,16(20)21)10-12-7-14(18)9-15(19)8-12/h7-9,11,13H,3-6,10H2,1-2H3,(H,20,21). The van der Waals surface area contributed by atoms with Crippen LogP contribution >= 0.6 is 0 Å². The molecule has 0 aromatic heterocycles. The van der Waals surface area contributed by atoms with Crippen LogP contribution in [-0.2, 0) is 11.2 Å². The number of aliphatic carboxylic acids is 1. The largest absolute Gasteiger partial charge is 0.481 e. The number of carboxylic acids is 1. The molecule has 21 heavy (non-hydrogen) atoms. The second-order valence-electron chi connectivity index (χ2n) is 6.62. The first-order valence-electron chi connectivity index (χ1n) is 7.51. The number of hydrogen-bond acceptors (Lipinski definition) is 1. The summed E-state index contributed by atoms with van der Waals surface area (Å²) in [4.78, 5) is 11.7. The average Bonchev–Trinajstić information content (AvgIpc) is 2.37. The highest BCUT2D eigenvalue weighted by Crippen LogP contribution is 2.44. The molecule has 1 aliphatic rings. The maximum Gasteiger partial charge on any atom is 0.309 e. The van der Waals surface area contributed by atoms with Gasteiger partial charge in [0.15, 0.2) is 0 Å². The molecule has 1 aromatic carbocycles. The van der Waals surface area contributed by atoms with Crippen molar-refractivity contribution in [1.82, 2.24) is 0 Å². The minimum Gasteiger partial charge on any atom is -0.481 e. The third kappa shape index (κ3) is 3.60. The summed E-state index contributed by atoms with van der Waals surface area (Å²) in [6.07, 6.45) is 3.07. The van der Waals surface area contributed by atoms with Gasteiger partial charge < -0.3 is 5.11 Å². The van der Waals surface area contributed by atoms with Crippen molar-refractivity contribution >= 4 is 5.97 Å². The van der Waals surface area contributed by atoms with Gasteiger partial charge in [-0.1, -0.05) is 13.8 Å². The Kier molecular flexibility index (Phi) is 4.64. The van der Waals surface area contributed by atoms with Gasteiger partial charge >= 0.3 is 5.97 Å². The van der Waals surface area contributed by atoms with Gasteiger partial charge in [0.2, 0.25) is 0 Å². The highest BCUT2D eigenvalue weighted by molar-refractivity contribution is 5.75. The van der Waals surface area contributed by atoms with E-state index in [0.29, 0.717) is 30.2 Å². The van der Waals surface area contributed by atoms with Crippen LogP contribution in [0.25, 0.3) is 0 Å². The van der Waals surface area contributed by atoms with E-state index in [0.717, 1.165) is 18.9 Å². The molecule has 1 aliphatic carbocycles. The molecule has 116 valence electrons. The number of halogens is 2. The fraction of sp³-hybridized carbons (Fsp3) is 0.588. The summed E-state index contributed by atoms with van der Waals surface area (Å²) in [7, 11) is 0. The van der Waals surface area contributed by atoms with Gasteiger partial charge in [-0.25, -0.2) is 8.78 Å². The molecule has 0 aliphatic heterocycles. The Morgan fingerprint density at radius 1 is 1.24 bits per heavy atom. The third-order valence-electron chi connectivity index (χ3n) is 4.85. The molecule has 1 aromatic rings. The average molecular weight is 296 g/mol. The Morgan fingerprint density at radius 3 is 2.19 bits per heavy atom. The van der Waals surface area contributed by atoms with Crippen LogP contribution in [0, 0.1) is 28.9 Å². The van der Waals surface area contributed by atoms with Gasteiger partial charge in [-0.2, -0.15) is 0 Å². The van der Waals surface area contributed by atoms with Crippen molar-refractivity contribution in [3.05, 3.63) is 35.4 Å². The number of carboxylic acid groups (broad SMARTS) is 1. The lowest BCUT2D eigenvalue weighted by Crippen LogP contribution is -2.38.